The molecule has 0 unspecified atom stereocenters. The highest BCUT2D eigenvalue weighted by Crippen LogP contribution is 2.42. The van der Waals surface area contributed by atoms with E-state index in [-0.39, 0.29) is 11.3 Å². The highest BCUT2D eigenvalue weighted by molar-refractivity contribution is 5.90. The summed E-state index contributed by atoms with van der Waals surface area (Å²) in [4.78, 5) is 21.2. The third kappa shape index (κ3) is 3.64. The van der Waals surface area contributed by atoms with Gasteiger partial charge < -0.3 is 14.5 Å². The van der Waals surface area contributed by atoms with Crippen molar-refractivity contribution in [1.29, 1.82) is 0 Å². The molecule has 0 N–H and O–H groups in total. The van der Waals surface area contributed by atoms with Gasteiger partial charge >= 0.3 is 0 Å². The summed E-state index contributed by atoms with van der Waals surface area (Å²) < 4.78 is 7.76. The number of carbonyl (C=O) groups is 1. The fourth-order valence-corrected chi connectivity index (χ4v) is 4.92. The number of aromatic nitrogens is 3. The van der Waals surface area contributed by atoms with E-state index in [1.807, 2.05) is 4.90 Å². The van der Waals surface area contributed by atoms with Gasteiger partial charge in [-0.05, 0) is 50.0 Å². The molecular weight excluding hydrogens is 330 g/mol. The minimum Gasteiger partial charge on any atom is -0.376 e. The summed E-state index contributed by atoms with van der Waals surface area (Å²) in [7, 11) is 1.77. The number of nitrogens with zero attached hydrogens (tertiary/aromatic N) is 5. The van der Waals surface area contributed by atoms with E-state index in [2.05, 4.69) is 21.9 Å². The molecule has 0 aromatic carbocycles. The molecule has 1 aromatic heterocycles. The Morgan fingerprint density at radius 1 is 1.35 bits per heavy atom. The average molecular weight is 361 g/mol. The summed E-state index contributed by atoms with van der Waals surface area (Å²) >= 11 is 0. The summed E-state index contributed by atoms with van der Waals surface area (Å²) in [5.41, 5.74) is 0.267. The number of ether oxygens (including phenoxy) is 1. The molecule has 4 rings (SSSR count). The number of hydrogen-bond acceptors (Lipinski definition) is 5. The Morgan fingerprint density at radius 2 is 2.15 bits per heavy atom. The van der Waals surface area contributed by atoms with Crippen LogP contribution in [0.3, 0.4) is 0 Å². The van der Waals surface area contributed by atoms with Crippen LogP contribution < -0.4 is 0 Å². The van der Waals surface area contributed by atoms with Crippen LogP contribution in [0.1, 0.15) is 49.6 Å². The third-order valence-electron chi connectivity index (χ3n) is 6.50. The zero-order chi connectivity index (χ0) is 18.1. The Morgan fingerprint density at radius 3 is 2.85 bits per heavy atom. The average Bonchev–Trinajstić information content (AvgIpc) is 3.22. The second-order valence-electron chi connectivity index (χ2n) is 8.64. The largest absolute Gasteiger partial charge is 0.376 e. The Bertz CT molecular complexity index is 638. The lowest BCUT2D eigenvalue weighted by Gasteiger charge is -2.38. The van der Waals surface area contributed by atoms with Crippen LogP contribution in [0.2, 0.25) is 0 Å². The van der Waals surface area contributed by atoms with Crippen molar-refractivity contribution >= 4 is 5.91 Å². The van der Waals surface area contributed by atoms with Crippen LogP contribution >= 0.6 is 0 Å². The summed E-state index contributed by atoms with van der Waals surface area (Å²) in [5, 5.41) is 4.01. The summed E-state index contributed by atoms with van der Waals surface area (Å²) in [6, 6.07) is 0. The predicted molar refractivity (Wildman–Crippen MR) is 97.8 cm³/mol. The Labute approximate surface area is 155 Å². The van der Waals surface area contributed by atoms with Crippen LogP contribution in [0.4, 0.5) is 0 Å². The minimum absolute atomic E-state index is 0.00220. The quantitative estimate of drug-likeness (QED) is 0.817. The van der Waals surface area contributed by atoms with Crippen molar-refractivity contribution in [3.8, 4) is 0 Å². The lowest BCUT2D eigenvalue weighted by atomic mass is 9.76. The molecule has 4 heterocycles. The van der Waals surface area contributed by atoms with Crippen molar-refractivity contribution < 1.29 is 9.53 Å². The Kier molecular flexibility index (Phi) is 5.01. The van der Waals surface area contributed by atoms with E-state index in [1.54, 1.807) is 11.7 Å². The molecule has 0 bridgehead atoms. The van der Waals surface area contributed by atoms with Gasteiger partial charge in [-0.2, -0.15) is 5.10 Å². The van der Waals surface area contributed by atoms with Crippen molar-refractivity contribution in [1.82, 2.24) is 24.6 Å². The van der Waals surface area contributed by atoms with Crippen LogP contribution in [-0.4, -0.2) is 75.9 Å². The van der Waals surface area contributed by atoms with E-state index >= 15 is 0 Å². The van der Waals surface area contributed by atoms with Crippen LogP contribution in [-0.2, 0) is 11.8 Å². The molecule has 2 atom stereocenters. The fraction of sp³-hybridized carbons (Fsp3) is 0.842. The molecule has 1 spiro atoms. The van der Waals surface area contributed by atoms with E-state index in [1.165, 1.54) is 32.3 Å². The fourth-order valence-electron chi connectivity index (χ4n) is 4.92. The molecule has 0 radical (unpaired) electrons. The van der Waals surface area contributed by atoms with E-state index < -0.39 is 0 Å². The summed E-state index contributed by atoms with van der Waals surface area (Å²) in [6.07, 6.45) is 7.69. The van der Waals surface area contributed by atoms with Gasteiger partial charge in [0.05, 0.1) is 12.7 Å². The maximum absolute atomic E-state index is 12.6. The smallest absolute Gasteiger partial charge is 0.291 e. The van der Waals surface area contributed by atoms with Crippen LogP contribution in [0, 0.1) is 11.3 Å². The first-order valence-corrected chi connectivity index (χ1v) is 10.0. The topological polar surface area (TPSA) is 63.5 Å². The number of carbonyl (C=O) groups excluding carboxylic acids is 1. The van der Waals surface area contributed by atoms with E-state index in [9.17, 15) is 4.79 Å². The molecule has 1 amide bonds. The summed E-state index contributed by atoms with van der Waals surface area (Å²) in [5.74, 6) is 1.24. The van der Waals surface area contributed by atoms with Crippen molar-refractivity contribution in [2.24, 2.45) is 18.4 Å². The van der Waals surface area contributed by atoms with Gasteiger partial charge in [0.1, 0.15) is 6.33 Å². The SMILES string of the molecule is C[C@@H]1CCCN(C[C@H]2CC3(CCN(C(=O)c4ncnn4C)CC3)CO2)C1. The summed E-state index contributed by atoms with van der Waals surface area (Å²) in [6.45, 7) is 8.31. The van der Waals surface area contributed by atoms with Gasteiger partial charge in [0.2, 0.25) is 5.82 Å². The standard InChI is InChI=1S/C19H31N5O2/c1-15-4-3-7-23(11-15)12-16-10-19(13-26-16)5-8-24(9-6-19)18(25)17-20-14-21-22(17)2/h14-16H,3-13H2,1-2H3/t15-,16-/m1/s1. The molecule has 1 aromatic rings. The first-order valence-electron chi connectivity index (χ1n) is 10.0. The molecule has 3 aliphatic rings. The van der Waals surface area contributed by atoms with Crippen molar-refractivity contribution in [2.45, 2.75) is 45.1 Å². The van der Waals surface area contributed by atoms with E-state index in [4.69, 9.17) is 4.74 Å². The van der Waals surface area contributed by atoms with Gasteiger partial charge in [-0.3, -0.25) is 4.79 Å². The van der Waals surface area contributed by atoms with Crippen LogP contribution in [0.15, 0.2) is 6.33 Å². The number of piperidine rings is 2. The molecule has 7 nitrogen and oxygen atoms in total. The number of rotatable bonds is 3. The third-order valence-corrected chi connectivity index (χ3v) is 6.50. The minimum atomic E-state index is -0.00220. The van der Waals surface area contributed by atoms with Crippen LogP contribution in [0.25, 0.3) is 0 Å². The molecule has 3 aliphatic heterocycles. The van der Waals surface area contributed by atoms with Crippen molar-refractivity contribution in [3.05, 3.63) is 12.2 Å². The molecule has 0 saturated carbocycles. The second-order valence-corrected chi connectivity index (χ2v) is 8.64. The molecule has 144 valence electrons. The number of amides is 1. The monoisotopic (exact) mass is 361 g/mol. The van der Waals surface area contributed by atoms with Gasteiger partial charge in [-0.25, -0.2) is 9.67 Å². The van der Waals surface area contributed by atoms with Gasteiger partial charge in [0.15, 0.2) is 0 Å². The predicted octanol–water partition coefficient (Wildman–Crippen LogP) is 1.56. The normalized spacial score (nSPS) is 29.4. The van der Waals surface area contributed by atoms with E-state index in [0.717, 1.165) is 51.4 Å². The van der Waals surface area contributed by atoms with Crippen molar-refractivity contribution in [2.75, 3.05) is 39.3 Å². The molecule has 0 aliphatic carbocycles. The zero-order valence-electron chi connectivity index (χ0n) is 16.1. The molecule has 3 saturated heterocycles. The maximum atomic E-state index is 12.6. The van der Waals surface area contributed by atoms with Gasteiger partial charge in [0, 0.05) is 33.2 Å². The molecule has 26 heavy (non-hydrogen) atoms. The number of aryl methyl sites for hydroxylation is 1. The lowest BCUT2D eigenvalue weighted by molar-refractivity contribution is 0.0396. The second kappa shape index (κ2) is 7.27. The Balaban J connectivity index is 1.29. The van der Waals surface area contributed by atoms with Crippen LogP contribution in [0.5, 0.6) is 0 Å². The molecule has 3 fully saturated rings. The highest BCUT2D eigenvalue weighted by atomic mass is 16.5. The first kappa shape index (κ1) is 17.9. The number of hydrogen-bond donors (Lipinski definition) is 0. The van der Waals surface area contributed by atoms with Crippen molar-refractivity contribution in [3.63, 3.8) is 0 Å². The lowest BCUT2D eigenvalue weighted by Crippen LogP contribution is -2.44. The first-order chi connectivity index (χ1) is 12.5. The molecular formula is C19H31N5O2. The molecule has 7 heteroatoms. The highest BCUT2D eigenvalue weighted by Gasteiger charge is 2.43. The van der Waals surface area contributed by atoms with Gasteiger partial charge in [-0.15, -0.1) is 0 Å². The number of likely N-dealkylation sites (tertiary alicyclic amines) is 2. The maximum Gasteiger partial charge on any atom is 0.291 e. The Hall–Kier alpha value is -1.47. The zero-order valence-corrected chi connectivity index (χ0v) is 16.1. The van der Waals surface area contributed by atoms with Gasteiger partial charge in [-0.1, -0.05) is 6.92 Å². The van der Waals surface area contributed by atoms with Gasteiger partial charge in [0.25, 0.3) is 5.91 Å². The van der Waals surface area contributed by atoms with E-state index in [0.29, 0.717) is 11.9 Å².